The molecule has 0 fully saturated rings. The van der Waals surface area contributed by atoms with E-state index in [9.17, 15) is 9.59 Å². The van der Waals surface area contributed by atoms with E-state index in [0.29, 0.717) is 11.3 Å². The highest BCUT2D eigenvalue weighted by Crippen LogP contribution is 2.08. The number of hydrogen-bond donors (Lipinski definition) is 1. The Morgan fingerprint density at radius 3 is 2.50 bits per heavy atom. The minimum absolute atomic E-state index is 0.147. The fourth-order valence-corrected chi connectivity index (χ4v) is 3.33. The molecule has 0 spiro atoms. The molecule has 1 aromatic heterocycles. The van der Waals surface area contributed by atoms with Gasteiger partial charge >= 0.3 is 0 Å². The first kappa shape index (κ1) is 19.5. The third kappa shape index (κ3) is 5.37. The van der Waals surface area contributed by atoms with Gasteiger partial charge in [0.2, 0.25) is 5.91 Å². The fourth-order valence-electron chi connectivity index (χ4n) is 2.60. The van der Waals surface area contributed by atoms with Gasteiger partial charge in [0.1, 0.15) is 5.70 Å². The highest BCUT2D eigenvalue weighted by Gasteiger charge is 2.11. The summed E-state index contributed by atoms with van der Waals surface area (Å²) in [5.41, 5.74) is 3.28. The van der Waals surface area contributed by atoms with Crippen molar-refractivity contribution in [2.75, 3.05) is 0 Å². The molecule has 0 atom stereocenters. The van der Waals surface area contributed by atoms with E-state index in [1.165, 1.54) is 23.8 Å². The molecule has 3 aromatic rings. The Balaban J connectivity index is 1.89. The monoisotopic (exact) mass is 391 g/mol. The van der Waals surface area contributed by atoms with Crippen molar-refractivity contribution in [2.45, 2.75) is 20.4 Å². The van der Waals surface area contributed by atoms with E-state index in [0.717, 1.165) is 11.1 Å². The first-order valence-electron chi connectivity index (χ1n) is 8.84. The van der Waals surface area contributed by atoms with Crippen LogP contribution in [0.2, 0.25) is 0 Å². The van der Waals surface area contributed by atoms with Gasteiger partial charge in [0.15, 0.2) is 4.80 Å². The van der Waals surface area contributed by atoms with Gasteiger partial charge < -0.3 is 9.88 Å². The Bertz CT molecular complexity index is 1060. The van der Waals surface area contributed by atoms with Gasteiger partial charge in [-0.3, -0.25) is 9.59 Å². The van der Waals surface area contributed by atoms with Crippen LogP contribution in [-0.2, 0) is 16.1 Å². The number of aryl methyl sites for hydroxylation is 1. The number of hydrogen-bond acceptors (Lipinski definition) is 3. The van der Waals surface area contributed by atoms with Crippen LogP contribution in [0.4, 0.5) is 0 Å². The summed E-state index contributed by atoms with van der Waals surface area (Å²) in [5.74, 6) is -0.802. The lowest BCUT2D eigenvalue weighted by Crippen LogP contribution is -2.26. The molecule has 2 amide bonds. The maximum Gasteiger partial charge on any atom is 0.296 e. The van der Waals surface area contributed by atoms with Gasteiger partial charge in [-0.1, -0.05) is 60.2 Å². The summed E-state index contributed by atoms with van der Waals surface area (Å²) in [5, 5.41) is 4.48. The zero-order valence-corrected chi connectivity index (χ0v) is 16.6. The van der Waals surface area contributed by atoms with Crippen LogP contribution < -0.4 is 10.1 Å². The van der Waals surface area contributed by atoms with E-state index in [2.05, 4.69) is 34.6 Å². The average Bonchev–Trinajstić information content (AvgIpc) is 3.10. The van der Waals surface area contributed by atoms with E-state index in [-0.39, 0.29) is 11.6 Å². The second-order valence-electron chi connectivity index (χ2n) is 6.37. The van der Waals surface area contributed by atoms with Crippen molar-refractivity contribution in [3.63, 3.8) is 0 Å². The number of carbonyl (C=O) groups is 2. The summed E-state index contributed by atoms with van der Waals surface area (Å²) in [6.45, 7) is 4.03. The third-order valence-electron chi connectivity index (χ3n) is 3.98. The van der Waals surface area contributed by atoms with Crippen molar-refractivity contribution in [3.8, 4) is 0 Å². The Morgan fingerprint density at radius 1 is 1.11 bits per heavy atom. The van der Waals surface area contributed by atoms with Crippen LogP contribution in [0.25, 0.3) is 6.08 Å². The Kier molecular flexibility index (Phi) is 6.34. The molecule has 0 saturated heterocycles. The van der Waals surface area contributed by atoms with Crippen molar-refractivity contribution in [3.05, 3.63) is 93.4 Å². The van der Waals surface area contributed by atoms with Crippen molar-refractivity contribution in [2.24, 2.45) is 4.99 Å². The number of aromatic nitrogens is 1. The largest absolute Gasteiger partial charge is 0.322 e. The zero-order chi connectivity index (χ0) is 19.9. The van der Waals surface area contributed by atoms with Crippen LogP contribution in [-0.4, -0.2) is 16.4 Å². The molecule has 6 heteroatoms. The van der Waals surface area contributed by atoms with Crippen molar-refractivity contribution < 1.29 is 9.59 Å². The molecule has 0 aliphatic carbocycles. The fraction of sp³-hybridized carbons (Fsp3) is 0.136. The summed E-state index contributed by atoms with van der Waals surface area (Å²) in [6, 6.07) is 17.6. The average molecular weight is 391 g/mol. The van der Waals surface area contributed by atoms with Gasteiger partial charge in [0, 0.05) is 25.0 Å². The van der Waals surface area contributed by atoms with E-state index in [1.807, 2.05) is 53.4 Å². The van der Waals surface area contributed by atoms with Gasteiger partial charge in [0.25, 0.3) is 5.91 Å². The molecule has 0 bridgehead atoms. The molecule has 0 unspecified atom stereocenters. The number of rotatable bonds is 5. The number of nitrogens with one attached hydrogen (secondary N) is 1. The second-order valence-corrected chi connectivity index (χ2v) is 7.24. The first-order chi connectivity index (χ1) is 13.5. The highest BCUT2D eigenvalue weighted by molar-refractivity contribution is 7.07. The number of carbonyl (C=O) groups excluding carboxylic acids is 2. The number of thiazole rings is 1. The Hall–Kier alpha value is -3.25. The standard InChI is InChI=1S/C22H21N3O2S/c1-16-8-10-19(11-9-16)15-25-12-13-28-22(25)24-21(27)20(23-17(2)26)14-18-6-4-3-5-7-18/h3-14H,15H2,1-2H3,(H,23,26)/b20-14+,24-22?. The number of amides is 2. The lowest BCUT2D eigenvalue weighted by atomic mass is 10.1. The molecule has 0 aliphatic heterocycles. The third-order valence-corrected chi connectivity index (χ3v) is 4.78. The van der Waals surface area contributed by atoms with Gasteiger partial charge in [-0.15, -0.1) is 11.3 Å². The SMILES string of the molecule is CC(=O)N/C(=C/c1ccccc1)C(=O)N=c1sccn1Cc1ccc(C)cc1. The molecule has 0 aliphatic rings. The minimum atomic E-state index is -0.487. The smallest absolute Gasteiger partial charge is 0.296 e. The maximum atomic E-state index is 12.7. The van der Waals surface area contributed by atoms with Crippen LogP contribution in [0.3, 0.4) is 0 Å². The molecule has 2 aromatic carbocycles. The van der Waals surface area contributed by atoms with E-state index < -0.39 is 5.91 Å². The topological polar surface area (TPSA) is 63.5 Å². The predicted octanol–water partition coefficient (Wildman–Crippen LogP) is 3.51. The van der Waals surface area contributed by atoms with Crippen LogP contribution >= 0.6 is 11.3 Å². The van der Waals surface area contributed by atoms with Crippen LogP contribution in [0.15, 0.2) is 76.9 Å². The Labute approximate surface area is 167 Å². The molecular weight excluding hydrogens is 370 g/mol. The molecular formula is C22H21N3O2S. The van der Waals surface area contributed by atoms with Crippen LogP contribution in [0, 0.1) is 6.92 Å². The molecule has 0 saturated carbocycles. The molecule has 142 valence electrons. The first-order valence-corrected chi connectivity index (χ1v) is 9.72. The van der Waals surface area contributed by atoms with E-state index in [4.69, 9.17) is 0 Å². The normalized spacial score (nSPS) is 12.1. The van der Waals surface area contributed by atoms with Gasteiger partial charge in [-0.05, 0) is 24.1 Å². The van der Waals surface area contributed by atoms with E-state index in [1.54, 1.807) is 6.08 Å². The van der Waals surface area contributed by atoms with Crippen molar-refractivity contribution in [1.82, 2.24) is 9.88 Å². The van der Waals surface area contributed by atoms with Gasteiger partial charge in [-0.2, -0.15) is 4.99 Å². The lowest BCUT2D eigenvalue weighted by molar-refractivity contribution is -0.121. The highest BCUT2D eigenvalue weighted by atomic mass is 32.1. The maximum absolute atomic E-state index is 12.7. The Morgan fingerprint density at radius 2 is 1.82 bits per heavy atom. The molecule has 0 radical (unpaired) electrons. The predicted molar refractivity (Wildman–Crippen MR) is 111 cm³/mol. The summed E-state index contributed by atoms with van der Waals surface area (Å²) < 4.78 is 1.92. The summed E-state index contributed by atoms with van der Waals surface area (Å²) in [4.78, 5) is 29.1. The minimum Gasteiger partial charge on any atom is -0.322 e. The summed E-state index contributed by atoms with van der Waals surface area (Å²) in [6.07, 6.45) is 3.53. The molecule has 3 rings (SSSR count). The summed E-state index contributed by atoms with van der Waals surface area (Å²) in [7, 11) is 0. The number of nitrogens with zero attached hydrogens (tertiary/aromatic N) is 2. The molecule has 5 nitrogen and oxygen atoms in total. The molecule has 1 heterocycles. The van der Waals surface area contributed by atoms with Gasteiger partial charge in [-0.25, -0.2) is 0 Å². The van der Waals surface area contributed by atoms with Crippen LogP contribution in [0.5, 0.6) is 0 Å². The molecule has 1 N–H and O–H groups in total. The van der Waals surface area contributed by atoms with Crippen LogP contribution in [0.1, 0.15) is 23.6 Å². The van der Waals surface area contributed by atoms with Crippen molar-refractivity contribution >= 4 is 29.2 Å². The zero-order valence-electron chi connectivity index (χ0n) is 15.8. The quantitative estimate of drug-likeness (QED) is 0.677. The van der Waals surface area contributed by atoms with Crippen molar-refractivity contribution in [1.29, 1.82) is 0 Å². The van der Waals surface area contributed by atoms with Gasteiger partial charge in [0.05, 0.1) is 0 Å². The second kappa shape index (κ2) is 9.10. The lowest BCUT2D eigenvalue weighted by Gasteiger charge is -2.06. The number of benzene rings is 2. The van der Waals surface area contributed by atoms with E-state index >= 15 is 0 Å². The summed E-state index contributed by atoms with van der Waals surface area (Å²) >= 11 is 1.38. The molecule has 28 heavy (non-hydrogen) atoms.